The Hall–Kier alpha value is -1.73. The van der Waals surface area contributed by atoms with Gasteiger partial charge in [0.1, 0.15) is 73.2 Å². The molecule has 97 heavy (non-hydrogen) atoms. The van der Waals surface area contributed by atoms with Crippen LogP contribution in [0.4, 0.5) is 0 Å². The molecule has 0 aromatic rings. The first kappa shape index (κ1) is 89.5. The van der Waals surface area contributed by atoms with Crippen LogP contribution in [0.15, 0.2) is 24.3 Å². The number of allylic oxidation sites excluding steroid dienone is 3. The molecule has 3 saturated heterocycles. The first-order valence-corrected chi connectivity index (χ1v) is 40.1. The standard InChI is InChI=1S/C78H147NO18/c1-3-5-7-9-11-13-15-17-19-21-23-25-27-29-31-33-35-37-39-41-43-45-47-49-51-53-55-62(83)61(79-66(84)56-54-52-50-48-46-44-42-40-38-36-34-32-30-28-26-24-22-20-18-16-14-12-10-8-6-4-2)60-92-76-72(90)69(87)74(64(58-81)94-76)97-78-73(91)70(88)75(65(59-82)95-78)96-77-71(89)68(86)67(85)63(57-80)93-77/h45,47,53,55,61-65,67-78,80-83,85-91H,3-44,46,48-52,54,56-60H2,1-2H3,(H,79,84)/b47-45+,55-53+. The number of carbonyl (C=O) groups is 1. The van der Waals surface area contributed by atoms with Gasteiger partial charge in [0.2, 0.25) is 5.91 Å². The summed E-state index contributed by atoms with van der Waals surface area (Å²) in [6.45, 7) is 1.78. The van der Waals surface area contributed by atoms with Crippen molar-refractivity contribution in [3.63, 3.8) is 0 Å². The van der Waals surface area contributed by atoms with Crippen LogP contribution in [-0.4, -0.2) is 193 Å². The van der Waals surface area contributed by atoms with E-state index in [2.05, 4.69) is 31.3 Å². The Kier molecular flexibility index (Phi) is 55.0. The summed E-state index contributed by atoms with van der Waals surface area (Å²) in [4.78, 5) is 13.5. The lowest BCUT2D eigenvalue weighted by Crippen LogP contribution is -2.66. The van der Waals surface area contributed by atoms with E-state index in [0.29, 0.717) is 12.8 Å². The predicted octanol–water partition coefficient (Wildman–Crippen LogP) is 13.0. The number of aliphatic hydroxyl groups excluding tert-OH is 11. The van der Waals surface area contributed by atoms with Crippen molar-refractivity contribution in [3.05, 3.63) is 24.3 Å². The SMILES string of the molecule is CCCCCCCCCCCCCCCCCCCCCC/C=C/CC/C=C/C(O)C(COC1OC(CO)C(OC2OC(CO)C(OC3OC(CO)C(O)C(O)C3O)C(O)C2O)C(O)C1O)NC(=O)CCCCCCCCCCCCCCCCCCCCCCCCCCCC. The van der Waals surface area contributed by atoms with Crippen LogP contribution in [0.2, 0.25) is 0 Å². The lowest BCUT2D eigenvalue weighted by molar-refractivity contribution is -0.379. The highest BCUT2D eigenvalue weighted by molar-refractivity contribution is 5.76. The van der Waals surface area contributed by atoms with Gasteiger partial charge in [0.15, 0.2) is 18.9 Å². The highest BCUT2D eigenvalue weighted by atomic mass is 16.8. The third kappa shape index (κ3) is 40.2. The molecule has 0 aliphatic carbocycles. The van der Waals surface area contributed by atoms with Crippen molar-refractivity contribution >= 4 is 5.91 Å². The van der Waals surface area contributed by atoms with E-state index in [1.807, 2.05) is 6.08 Å². The van der Waals surface area contributed by atoms with Crippen LogP contribution in [0.3, 0.4) is 0 Å². The van der Waals surface area contributed by atoms with Crippen LogP contribution in [0.1, 0.15) is 335 Å². The Balaban J connectivity index is 1.39. The van der Waals surface area contributed by atoms with E-state index >= 15 is 0 Å². The van der Waals surface area contributed by atoms with Crippen molar-refractivity contribution in [2.24, 2.45) is 0 Å². The summed E-state index contributed by atoms with van der Waals surface area (Å²) >= 11 is 0. The van der Waals surface area contributed by atoms with Crippen molar-refractivity contribution < 1.29 is 89.4 Å². The molecule has 3 aliphatic rings. The second-order valence-electron chi connectivity index (χ2n) is 28.9. The van der Waals surface area contributed by atoms with E-state index in [9.17, 15) is 61.0 Å². The molecule has 12 N–H and O–H groups in total. The number of nitrogens with one attached hydrogen (secondary N) is 1. The Morgan fingerprint density at radius 2 is 0.660 bits per heavy atom. The first-order valence-electron chi connectivity index (χ1n) is 40.1. The van der Waals surface area contributed by atoms with E-state index in [1.165, 1.54) is 263 Å². The number of unbranched alkanes of at least 4 members (excludes halogenated alkanes) is 46. The Bertz CT molecular complexity index is 1850. The van der Waals surface area contributed by atoms with Crippen LogP contribution in [0.25, 0.3) is 0 Å². The van der Waals surface area contributed by atoms with E-state index < -0.39 is 124 Å². The minimum absolute atomic E-state index is 0.241. The molecule has 0 aromatic carbocycles. The number of hydrogen-bond donors (Lipinski definition) is 12. The lowest BCUT2D eigenvalue weighted by Gasteiger charge is -2.48. The second kappa shape index (κ2) is 59.6. The monoisotopic (exact) mass is 1390 g/mol. The molecule has 0 bridgehead atoms. The molecule has 3 heterocycles. The van der Waals surface area contributed by atoms with Crippen molar-refractivity contribution in [2.45, 2.75) is 439 Å². The normalized spacial score (nSPS) is 27.0. The maximum atomic E-state index is 13.5. The molecule has 0 radical (unpaired) electrons. The molecule has 3 fully saturated rings. The molecule has 17 unspecified atom stereocenters. The molecule has 3 rings (SSSR count). The van der Waals surface area contributed by atoms with Crippen molar-refractivity contribution in [2.75, 3.05) is 26.4 Å². The third-order valence-electron chi connectivity index (χ3n) is 20.3. The molecule has 0 saturated carbocycles. The fourth-order valence-electron chi connectivity index (χ4n) is 13.8. The van der Waals surface area contributed by atoms with Crippen LogP contribution in [-0.2, 0) is 33.2 Å². The Morgan fingerprint density at radius 1 is 0.361 bits per heavy atom. The van der Waals surface area contributed by atoms with Gasteiger partial charge in [-0.05, 0) is 32.1 Å². The van der Waals surface area contributed by atoms with E-state index in [-0.39, 0.29) is 18.9 Å². The zero-order valence-corrected chi connectivity index (χ0v) is 61.1. The molecule has 19 heteroatoms. The summed E-state index contributed by atoms with van der Waals surface area (Å²) in [6, 6.07) is -0.988. The highest BCUT2D eigenvalue weighted by Crippen LogP contribution is 2.33. The maximum Gasteiger partial charge on any atom is 0.220 e. The molecule has 0 spiro atoms. The summed E-state index contributed by atoms with van der Waals surface area (Å²) in [5.41, 5.74) is 0. The molecule has 1 amide bonds. The van der Waals surface area contributed by atoms with E-state index in [0.717, 1.165) is 38.5 Å². The zero-order chi connectivity index (χ0) is 70.4. The number of amides is 1. The summed E-state index contributed by atoms with van der Waals surface area (Å²) < 4.78 is 34.4. The fraction of sp³-hybridized carbons (Fsp3) is 0.936. The van der Waals surface area contributed by atoms with Gasteiger partial charge in [-0.25, -0.2) is 0 Å². The largest absolute Gasteiger partial charge is 0.394 e. The van der Waals surface area contributed by atoms with Crippen molar-refractivity contribution in [1.29, 1.82) is 0 Å². The third-order valence-corrected chi connectivity index (χ3v) is 20.3. The number of hydrogen-bond acceptors (Lipinski definition) is 18. The van der Waals surface area contributed by atoms with Gasteiger partial charge < -0.3 is 89.9 Å². The molecular weight excluding hydrogens is 1240 g/mol. The lowest BCUT2D eigenvalue weighted by atomic mass is 9.96. The summed E-state index contributed by atoms with van der Waals surface area (Å²) in [6.07, 6.45) is 44.6. The first-order chi connectivity index (χ1) is 47.3. The molecule has 0 aromatic heterocycles. The minimum Gasteiger partial charge on any atom is -0.394 e. The quantitative estimate of drug-likeness (QED) is 0.0199. The average molecular weight is 1390 g/mol. The summed E-state index contributed by atoms with van der Waals surface area (Å²) in [5.74, 6) is -0.277. The van der Waals surface area contributed by atoms with E-state index in [1.54, 1.807) is 6.08 Å². The fourth-order valence-corrected chi connectivity index (χ4v) is 13.8. The van der Waals surface area contributed by atoms with Gasteiger partial charge in [-0.15, -0.1) is 0 Å². The van der Waals surface area contributed by atoms with Gasteiger partial charge in [0, 0.05) is 6.42 Å². The molecule has 17 atom stereocenters. The Morgan fingerprint density at radius 3 is 1.03 bits per heavy atom. The number of aliphatic hydroxyl groups is 11. The van der Waals surface area contributed by atoms with E-state index in [4.69, 9.17) is 28.4 Å². The van der Waals surface area contributed by atoms with Gasteiger partial charge in [0.25, 0.3) is 0 Å². The highest BCUT2D eigenvalue weighted by Gasteiger charge is 2.54. The topological polar surface area (TPSA) is 307 Å². The van der Waals surface area contributed by atoms with Crippen LogP contribution >= 0.6 is 0 Å². The number of rotatable bonds is 64. The van der Waals surface area contributed by atoms with Gasteiger partial charge in [-0.3, -0.25) is 4.79 Å². The summed E-state index contributed by atoms with van der Waals surface area (Å²) in [5, 5.41) is 121. The van der Waals surface area contributed by atoms with Crippen molar-refractivity contribution in [1.82, 2.24) is 5.32 Å². The van der Waals surface area contributed by atoms with Crippen LogP contribution in [0, 0.1) is 0 Å². The van der Waals surface area contributed by atoms with Gasteiger partial charge >= 0.3 is 0 Å². The zero-order valence-electron chi connectivity index (χ0n) is 61.1. The number of ether oxygens (including phenoxy) is 6. The summed E-state index contributed by atoms with van der Waals surface area (Å²) in [7, 11) is 0. The smallest absolute Gasteiger partial charge is 0.220 e. The minimum atomic E-state index is -1.98. The van der Waals surface area contributed by atoms with Crippen LogP contribution in [0.5, 0.6) is 0 Å². The van der Waals surface area contributed by atoms with Gasteiger partial charge in [-0.2, -0.15) is 0 Å². The molecule has 572 valence electrons. The molecule has 19 nitrogen and oxygen atoms in total. The Labute approximate surface area is 588 Å². The maximum absolute atomic E-state index is 13.5. The van der Waals surface area contributed by atoms with Crippen molar-refractivity contribution in [3.8, 4) is 0 Å². The number of carbonyl (C=O) groups excluding carboxylic acids is 1. The molecule has 3 aliphatic heterocycles. The van der Waals surface area contributed by atoms with Gasteiger partial charge in [0.05, 0.1) is 38.6 Å². The molecular formula is C78H147NO18. The average Bonchev–Trinajstić information content (AvgIpc) is 0.789. The van der Waals surface area contributed by atoms with Crippen LogP contribution < -0.4 is 5.32 Å². The van der Waals surface area contributed by atoms with Gasteiger partial charge in [-0.1, -0.05) is 321 Å². The predicted molar refractivity (Wildman–Crippen MR) is 383 cm³/mol. The second-order valence-corrected chi connectivity index (χ2v) is 28.9.